The van der Waals surface area contributed by atoms with E-state index >= 15 is 0 Å². The highest BCUT2D eigenvalue weighted by atomic mass is 32.2. The third-order valence-corrected chi connectivity index (χ3v) is 5.09. The number of nitrogens with one attached hydrogen (secondary N) is 1. The van der Waals surface area contributed by atoms with Crippen molar-refractivity contribution in [3.63, 3.8) is 0 Å². The molecule has 0 saturated carbocycles. The number of rotatable bonds is 6. The van der Waals surface area contributed by atoms with Gasteiger partial charge in [0.2, 0.25) is 0 Å². The first kappa shape index (κ1) is 17.0. The van der Waals surface area contributed by atoms with Crippen LogP contribution in [0.25, 0.3) is 0 Å². The largest absolute Gasteiger partial charge is 0.494 e. The Morgan fingerprint density at radius 2 is 2.08 bits per heavy atom. The highest BCUT2D eigenvalue weighted by molar-refractivity contribution is 7.99. The molecule has 0 radical (unpaired) electrons. The van der Waals surface area contributed by atoms with Gasteiger partial charge in [-0.05, 0) is 45.0 Å². The summed E-state index contributed by atoms with van der Waals surface area (Å²) < 4.78 is 5.54. The van der Waals surface area contributed by atoms with Crippen LogP contribution in [-0.2, 0) is 0 Å². The van der Waals surface area contributed by atoms with Crippen molar-refractivity contribution >= 4 is 17.6 Å². The molecule has 0 bridgehead atoms. The Morgan fingerprint density at radius 1 is 1.25 bits per heavy atom. The third kappa shape index (κ3) is 4.39. The molecule has 1 aromatic heterocycles. The fourth-order valence-electron chi connectivity index (χ4n) is 2.84. The lowest BCUT2D eigenvalue weighted by atomic mass is 10.1. The summed E-state index contributed by atoms with van der Waals surface area (Å²) in [5.74, 6) is 1.86. The van der Waals surface area contributed by atoms with Crippen LogP contribution in [0.3, 0.4) is 0 Å². The van der Waals surface area contributed by atoms with Gasteiger partial charge in [-0.2, -0.15) is 0 Å². The Hall–Kier alpha value is -1.79. The summed E-state index contributed by atoms with van der Waals surface area (Å²) in [5.41, 5.74) is 0. The van der Waals surface area contributed by atoms with Crippen LogP contribution in [0.1, 0.15) is 19.8 Å². The summed E-state index contributed by atoms with van der Waals surface area (Å²) in [7, 11) is 2.03. The van der Waals surface area contributed by atoms with E-state index in [0.29, 0.717) is 12.6 Å². The standard InChI is InChI=1S/C18H24N4OS/c1-3-23-15-5-4-6-16(11-15)24-18-13-20-17(12-21-18)22-9-7-14(19-2)8-10-22/h4-6,11-14,19H,3,7-10H2,1-2H3. The zero-order valence-corrected chi connectivity index (χ0v) is 15.1. The Morgan fingerprint density at radius 3 is 2.75 bits per heavy atom. The number of piperidine rings is 1. The van der Waals surface area contributed by atoms with Gasteiger partial charge in [0.25, 0.3) is 0 Å². The molecule has 2 heterocycles. The average molecular weight is 344 g/mol. The molecular formula is C18H24N4OS. The minimum absolute atomic E-state index is 0.627. The average Bonchev–Trinajstić information content (AvgIpc) is 2.63. The normalized spacial score (nSPS) is 15.5. The maximum absolute atomic E-state index is 5.54. The minimum Gasteiger partial charge on any atom is -0.494 e. The van der Waals surface area contributed by atoms with Crippen LogP contribution in [0.5, 0.6) is 5.75 Å². The number of hydrogen-bond acceptors (Lipinski definition) is 6. The van der Waals surface area contributed by atoms with Crippen molar-refractivity contribution in [1.29, 1.82) is 0 Å². The van der Waals surface area contributed by atoms with Crippen molar-refractivity contribution in [1.82, 2.24) is 15.3 Å². The molecule has 1 saturated heterocycles. The van der Waals surface area contributed by atoms with Gasteiger partial charge in [0.05, 0.1) is 19.0 Å². The number of ether oxygens (including phenoxy) is 1. The molecule has 2 aromatic rings. The topological polar surface area (TPSA) is 50.3 Å². The predicted molar refractivity (Wildman–Crippen MR) is 98.1 cm³/mol. The number of anilines is 1. The molecule has 0 amide bonds. The molecule has 6 heteroatoms. The van der Waals surface area contributed by atoms with Crippen molar-refractivity contribution in [3.05, 3.63) is 36.7 Å². The SMILES string of the molecule is CCOc1cccc(Sc2cnc(N3CCC(NC)CC3)cn2)c1. The first-order chi connectivity index (χ1) is 11.8. The van der Waals surface area contributed by atoms with Gasteiger partial charge in [-0.3, -0.25) is 0 Å². The van der Waals surface area contributed by atoms with Crippen molar-refractivity contribution < 1.29 is 4.74 Å². The van der Waals surface area contributed by atoms with Gasteiger partial charge in [-0.15, -0.1) is 0 Å². The summed E-state index contributed by atoms with van der Waals surface area (Å²) in [6.45, 7) is 4.72. The van der Waals surface area contributed by atoms with Gasteiger partial charge in [-0.25, -0.2) is 9.97 Å². The quantitative estimate of drug-likeness (QED) is 0.868. The van der Waals surface area contributed by atoms with E-state index in [1.807, 2.05) is 44.6 Å². The van der Waals surface area contributed by atoms with Gasteiger partial charge in [-0.1, -0.05) is 17.8 Å². The Labute approximate surface area is 147 Å². The lowest BCUT2D eigenvalue weighted by molar-refractivity contribution is 0.339. The van der Waals surface area contributed by atoms with Crippen LogP contribution in [0, 0.1) is 0 Å². The van der Waals surface area contributed by atoms with Crippen molar-refractivity contribution in [3.8, 4) is 5.75 Å². The molecule has 1 fully saturated rings. The second kappa shape index (κ2) is 8.35. The molecule has 0 unspecified atom stereocenters. The summed E-state index contributed by atoms with van der Waals surface area (Å²) in [5, 5.41) is 4.25. The van der Waals surface area contributed by atoms with Crippen LogP contribution < -0.4 is 15.0 Å². The zero-order chi connectivity index (χ0) is 16.8. The van der Waals surface area contributed by atoms with Gasteiger partial charge in [0, 0.05) is 24.0 Å². The third-order valence-electron chi connectivity index (χ3n) is 4.18. The molecule has 128 valence electrons. The van der Waals surface area contributed by atoms with Crippen LogP contribution in [0.4, 0.5) is 5.82 Å². The first-order valence-corrected chi connectivity index (χ1v) is 9.25. The molecule has 0 spiro atoms. The molecule has 1 aliphatic rings. The second-order valence-electron chi connectivity index (χ2n) is 5.77. The van der Waals surface area contributed by atoms with E-state index in [-0.39, 0.29) is 0 Å². The summed E-state index contributed by atoms with van der Waals surface area (Å²) >= 11 is 1.60. The lowest BCUT2D eigenvalue weighted by Crippen LogP contribution is -2.41. The van der Waals surface area contributed by atoms with Crippen molar-refractivity contribution in [2.24, 2.45) is 0 Å². The van der Waals surface area contributed by atoms with Crippen molar-refractivity contribution in [2.75, 3.05) is 31.6 Å². The van der Waals surface area contributed by atoms with Gasteiger partial charge >= 0.3 is 0 Å². The predicted octanol–water partition coefficient (Wildman–Crippen LogP) is 3.21. The molecule has 0 aliphatic carbocycles. The van der Waals surface area contributed by atoms with Gasteiger partial charge < -0.3 is 15.0 Å². The Kier molecular flexibility index (Phi) is 5.93. The van der Waals surface area contributed by atoms with Gasteiger partial charge in [0.1, 0.15) is 16.6 Å². The molecule has 0 atom stereocenters. The maximum atomic E-state index is 5.54. The van der Waals surface area contributed by atoms with Crippen LogP contribution in [-0.4, -0.2) is 42.8 Å². The molecule has 24 heavy (non-hydrogen) atoms. The lowest BCUT2D eigenvalue weighted by Gasteiger charge is -2.32. The highest BCUT2D eigenvalue weighted by Gasteiger charge is 2.18. The minimum atomic E-state index is 0.627. The Balaban J connectivity index is 1.61. The number of benzene rings is 1. The van der Waals surface area contributed by atoms with Crippen LogP contribution in [0.15, 0.2) is 46.6 Å². The number of nitrogens with zero attached hydrogens (tertiary/aromatic N) is 3. The molecular weight excluding hydrogens is 320 g/mol. The second-order valence-corrected chi connectivity index (χ2v) is 6.87. The fraction of sp³-hybridized carbons (Fsp3) is 0.444. The number of aromatic nitrogens is 2. The summed E-state index contributed by atoms with van der Waals surface area (Å²) in [6, 6.07) is 8.69. The maximum Gasteiger partial charge on any atom is 0.147 e. The van der Waals surface area contributed by atoms with E-state index in [9.17, 15) is 0 Å². The zero-order valence-electron chi connectivity index (χ0n) is 14.2. The molecule has 5 nitrogen and oxygen atoms in total. The smallest absolute Gasteiger partial charge is 0.147 e. The molecule has 1 aromatic carbocycles. The van der Waals surface area contributed by atoms with E-state index < -0.39 is 0 Å². The van der Waals surface area contributed by atoms with Crippen LogP contribution in [0.2, 0.25) is 0 Å². The van der Waals surface area contributed by atoms with E-state index in [1.54, 1.807) is 11.8 Å². The monoisotopic (exact) mass is 344 g/mol. The fourth-order valence-corrected chi connectivity index (χ4v) is 3.61. The highest BCUT2D eigenvalue weighted by Crippen LogP contribution is 2.29. The van der Waals surface area contributed by atoms with Crippen LogP contribution >= 0.6 is 11.8 Å². The van der Waals surface area contributed by atoms with E-state index in [0.717, 1.165) is 47.4 Å². The van der Waals surface area contributed by atoms with E-state index in [4.69, 9.17) is 4.74 Å². The van der Waals surface area contributed by atoms with E-state index in [2.05, 4.69) is 26.3 Å². The van der Waals surface area contributed by atoms with Gasteiger partial charge in [0.15, 0.2) is 0 Å². The summed E-state index contributed by atoms with van der Waals surface area (Å²) in [4.78, 5) is 12.6. The molecule has 1 N–H and O–H groups in total. The first-order valence-electron chi connectivity index (χ1n) is 8.43. The molecule has 1 aliphatic heterocycles. The summed E-state index contributed by atoms with van der Waals surface area (Å²) in [6.07, 6.45) is 6.05. The number of hydrogen-bond donors (Lipinski definition) is 1. The molecule has 3 rings (SSSR count). The van der Waals surface area contributed by atoms with E-state index in [1.165, 1.54) is 0 Å². The Bertz CT molecular complexity index is 642. The van der Waals surface area contributed by atoms with Crippen molar-refractivity contribution in [2.45, 2.75) is 35.7 Å².